The number of rotatable bonds is 6. The number of fused-ring (bicyclic) bond motifs is 3. The largest absolute Gasteiger partial charge is 0.480 e. The Balaban J connectivity index is 1.48. The first-order chi connectivity index (χ1) is 14.6. The van der Waals surface area contributed by atoms with Crippen molar-refractivity contribution in [3.63, 3.8) is 0 Å². The lowest BCUT2D eigenvalue weighted by atomic mass is 9.98. The Morgan fingerprint density at radius 1 is 0.900 bits per heavy atom. The lowest BCUT2D eigenvalue weighted by Gasteiger charge is -2.25. The predicted molar refractivity (Wildman–Crippen MR) is 114 cm³/mol. The van der Waals surface area contributed by atoms with Gasteiger partial charge in [-0.15, -0.1) is 0 Å². The third-order valence-corrected chi connectivity index (χ3v) is 5.65. The topological polar surface area (TPSA) is 66.8 Å². The zero-order valence-electron chi connectivity index (χ0n) is 16.7. The molecule has 0 saturated heterocycles. The first-order valence-corrected chi connectivity index (χ1v) is 9.91. The van der Waals surface area contributed by atoms with Gasteiger partial charge in [-0.2, -0.15) is 0 Å². The smallest absolute Gasteiger partial charge is 0.410 e. The molecular weight excluding hydrogens is 378 g/mol. The number of carboxylic acid groups (broad SMARTS) is 1. The predicted octanol–water partition coefficient (Wildman–Crippen LogP) is 4.56. The summed E-state index contributed by atoms with van der Waals surface area (Å²) < 4.78 is 5.59. The Hall–Kier alpha value is -3.60. The number of amides is 1. The molecule has 30 heavy (non-hydrogen) atoms. The molecule has 152 valence electrons. The van der Waals surface area contributed by atoms with Crippen LogP contribution in [0.5, 0.6) is 0 Å². The Kier molecular flexibility index (Phi) is 5.53. The maximum atomic E-state index is 12.7. The van der Waals surface area contributed by atoms with Gasteiger partial charge in [-0.05, 0) is 27.8 Å². The van der Waals surface area contributed by atoms with Crippen LogP contribution in [0.15, 0.2) is 78.9 Å². The van der Waals surface area contributed by atoms with Crippen LogP contribution in [-0.2, 0) is 16.0 Å². The van der Waals surface area contributed by atoms with Crippen LogP contribution >= 0.6 is 0 Å². The van der Waals surface area contributed by atoms with E-state index in [2.05, 4.69) is 12.1 Å². The molecule has 5 heteroatoms. The molecule has 5 nitrogen and oxygen atoms in total. The fourth-order valence-corrected chi connectivity index (χ4v) is 4.05. The van der Waals surface area contributed by atoms with Crippen LogP contribution < -0.4 is 0 Å². The normalized spacial score (nSPS) is 13.2. The summed E-state index contributed by atoms with van der Waals surface area (Å²) in [5.74, 6) is -1.12. The second kappa shape index (κ2) is 8.41. The van der Waals surface area contributed by atoms with E-state index < -0.39 is 18.1 Å². The van der Waals surface area contributed by atoms with Crippen molar-refractivity contribution in [3.05, 3.63) is 95.6 Å². The average Bonchev–Trinajstić information content (AvgIpc) is 3.09. The fraction of sp³-hybridized carbons (Fsp3) is 0.200. The van der Waals surface area contributed by atoms with E-state index in [4.69, 9.17) is 4.74 Å². The Bertz CT molecular complexity index is 1020. The molecule has 1 aliphatic carbocycles. The minimum Gasteiger partial charge on any atom is -0.480 e. The highest BCUT2D eigenvalue weighted by molar-refractivity contribution is 5.81. The van der Waals surface area contributed by atoms with Crippen LogP contribution in [0.3, 0.4) is 0 Å². The molecule has 1 amide bonds. The Morgan fingerprint density at radius 3 is 2.00 bits per heavy atom. The third kappa shape index (κ3) is 3.79. The van der Waals surface area contributed by atoms with Crippen molar-refractivity contribution in [1.29, 1.82) is 0 Å². The number of ether oxygens (including phenoxy) is 1. The summed E-state index contributed by atoms with van der Waals surface area (Å²) >= 11 is 0. The van der Waals surface area contributed by atoms with Crippen LogP contribution in [0.4, 0.5) is 4.79 Å². The summed E-state index contributed by atoms with van der Waals surface area (Å²) in [4.78, 5) is 25.7. The monoisotopic (exact) mass is 401 g/mol. The molecule has 3 aromatic carbocycles. The summed E-state index contributed by atoms with van der Waals surface area (Å²) in [6, 6.07) is 24.5. The molecule has 0 heterocycles. The fourth-order valence-electron chi connectivity index (χ4n) is 4.05. The van der Waals surface area contributed by atoms with Gasteiger partial charge < -0.3 is 9.84 Å². The zero-order valence-corrected chi connectivity index (χ0v) is 16.7. The van der Waals surface area contributed by atoms with E-state index in [-0.39, 0.29) is 18.9 Å². The number of benzene rings is 3. The van der Waals surface area contributed by atoms with Gasteiger partial charge >= 0.3 is 12.1 Å². The molecule has 0 aromatic heterocycles. The molecule has 1 unspecified atom stereocenters. The zero-order chi connectivity index (χ0) is 21.1. The van der Waals surface area contributed by atoms with Crippen molar-refractivity contribution in [3.8, 4) is 11.1 Å². The van der Waals surface area contributed by atoms with E-state index in [1.54, 1.807) is 0 Å². The summed E-state index contributed by atoms with van der Waals surface area (Å²) in [6.45, 7) is 0.162. The molecule has 4 rings (SSSR count). The highest BCUT2D eigenvalue weighted by Crippen LogP contribution is 2.44. The quantitative estimate of drug-likeness (QED) is 0.657. The van der Waals surface area contributed by atoms with Gasteiger partial charge in [-0.25, -0.2) is 9.59 Å². The first kappa shape index (κ1) is 19.7. The second-order valence-corrected chi connectivity index (χ2v) is 7.46. The number of carbonyl (C=O) groups is 2. The molecule has 0 bridgehead atoms. The van der Waals surface area contributed by atoms with E-state index in [9.17, 15) is 14.7 Å². The first-order valence-electron chi connectivity index (χ1n) is 9.91. The number of carboxylic acids is 1. The standard InChI is InChI=1S/C25H23NO4/c1-26(23(24(27)28)15-17-9-3-2-4-10-17)25(29)30-16-22-20-13-7-5-11-18(20)19-12-6-8-14-21(19)22/h2-14,22-23H,15-16H2,1H3,(H,27,28). The van der Waals surface area contributed by atoms with Crippen LogP contribution in [0.2, 0.25) is 0 Å². The van der Waals surface area contributed by atoms with E-state index >= 15 is 0 Å². The number of likely N-dealkylation sites (N-methyl/N-ethyl adjacent to an activating group) is 1. The highest BCUT2D eigenvalue weighted by Gasteiger charge is 2.31. The third-order valence-electron chi connectivity index (χ3n) is 5.65. The second-order valence-electron chi connectivity index (χ2n) is 7.46. The van der Waals surface area contributed by atoms with Gasteiger partial charge in [0.25, 0.3) is 0 Å². The molecule has 0 saturated carbocycles. The number of aliphatic carboxylic acids is 1. The molecule has 1 atom stereocenters. The van der Waals surface area contributed by atoms with Gasteiger partial charge in [0.1, 0.15) is 12.6 Å². The van der Waals surface area contributed by atoms with Gasteiger partial charge in [-0.3, -0.25) is 4.90 Å². The van der Waals surface area contributed by atoms with Crippen molar-refractivity contribution in [2.24, 2.45) is 0 Å². The van der Waals surface area contributed by atoms with Crippen molar-refractivity contribution < 1.29 is 19.4 Å². The van der Waals surface area contributed by atoms with E-state index in [1.165, 1.54) is 11.9 Å². The molecule has 0 aliphatic heterocycles. The molecule has 1 aliphatic rings. The minimum atomic E-state index is -1.06. The summed E-state index contributed by atoms with van der Waals surface area (Å²) in [6.07, 6.45) is -0.420. The number of hydrogen-bond acceptors (Lipinski definition) is 3. The summed E-state index contributed by atoms with van der Waals surface area (Å²) in [5, 5.41) is 9.64. The van der Waals surface area contributed by atoms with Gasteiger partial charge in [0.2, 0.25) is 0 Å². The van der Waals surface area contributed by atoms with Crippen molar-refractivity contribution >= 4 is 12.1 Å². The van der Waals surface area contributed by atoms with Crippen LogP contribution in [0.1, 0.15) is 22.6 Å². The van der Waals surface area contributed by atoms with E-state index in [1.807, 2.05) is 66.7 Å². The van der Waals surface area contributed by atoms with Gasteiger partial charge in [0.05, 0.1) is 0 Å². The lowest BCUT2D eigenvalue weighted by molar-refractivity contribution is -0.142. The molecular formula is C25H23NO4. The highest BCUT2D eigenvalue weighted by atomic mass is 16.6. The number of nitrogens with zero attached hydrogens (tertiary/aromatic N) is 1. The summed E-state index contributed by atoms with van der Waals surface area (Å²) in [5.41, 5.74) is 5.38. The van der Waals surface area contributed by atoms with Crippen LogP contribution in [-0.4, -0.2) is 41.8 Å². The minimum absolute atomic E-state index is 0.0628. The van der Waals surface area contributed by atoms with Crippen LogP contribution in [0.25, 0.3) is 11.1 Å². The van der Waals surface area contributed by atoms with Crippen molar-refractivity contribution in [1.82, 2.24) is 4.90 Å². The van der Waals surface area contributed by atoms with Crippen LogP contribution in [0, 0.1) is 0 Å². The van der Waals surface area contributed by atoms with Gasteiger partial charge in [-0.1, -0.05) is 78.9 Å². The molecule has 1 N–H and O–H groups in total. The number of hydrogen-bond donors (Lipinski definition) is 1. The maximum absolute atomic E-state index is 12.7. The van der Waals surface area contributed by atoms with Gasteiger partial charge in [0, 0.05) is 19.4 Å². The average molecular weight is 401 g/mol. The molecule has 0 spiro atoms. The molecule has 0 radical (unpaired) electrons. The van der Waals surface area contributed by atoms with Crippen molar-refractivity contribution in [2.45, 2.75) is 18.4 Å². The van der Waals surface area contributed by atoms with E-state index in [0.717, 1.165) is 27.8 Å². The lowest BCUT2D eigenvalue weighted by Crippen LogP contribution is -2.44. The van der Waals surface area contributed by atoms with Gasteiger partial charge in [0.15, 0.2) is 0 Å². The number of carbonyl (C=O) groups excluding carboxylic acids is 1. The summed E-state index contributed by atoms with van der Waals surface area (Å²) in [7, 11) is 1.47. The molecule has 0 fully saturated rings. The Labute approximate surface area is 175 Å². The SMILES string of the molecule is CN(C(=O)OCC1c2ccccc2-c2ccccc21)C(Cc1ccccc1)C(=O)O. The maximum Gasteiger partial charge on any atom is 0.410 e. The van der Waals surface area contributed by atoms with Crippen molar-refractivity contribution in [2.75, 3.05) is 13.7 Å². The van der Waals surface area contributed by atoms with E-state index in [0.29, 0.717) is 0 Å². The molecule has 3 aromatic rings. The Morgan fingerprint density at radius 2 is 1.43 bits per heavy atom.